The van der Waals surface area contributed by atoms with Gasteiger partial charge in [-0.05, 0) is 55.5 Å². The molecule has 0 atom stereocenters. The molecule has 2 aliphatic heterocycles. The average molecular weight is 476 g/mol. The van der Waals surface area contributed by atoms with Crippen molar-refractivity contribution in [1.82, 2.24) is 5.32 Å². The van der Waals surface area contributed by atoms with Gasteiger partial charge in [-0.1, -0.05) is 17.7 Å². The lowest BCUT2D eigenvalue weighted by Crippen LogP contribution is -2.21. The summed E-state index contributed by atoms with van der Waals surface area (Å²) in [4.78, 5) is 48.0. The quantitative estimate of drug-likeness (QED) is 0.433. The highest BCUT2D eigenvalue weighted by atomic mass is 35.5. The molecule has 3 aromatic rings. The van der Waals surface area contributed by atoms with Crippen LogP contribution in [0.15, 0.2) is 63.6 Å². The minimum atomic E-state index is -1.22. The predicted molar refractivity (Wildman–Crippen MR) is 123 cm³/mol. The molecule has 0 fully saturated rings. The Labute approximate surface area is 196 Å². The van der Waals surface area contributed by atoms with Crippen molar-refractivity contribution >= 4 is 52.8 Å². The largest absolute Gasteiger partial charge is 0.478 e. The van der Waals surface area contributed by atoms with Crippen LogP contribution in [-0.2, 0) is 4.79 Å². The second kappa shape index (κ2) is 7.82. The van der Waals surface area contributed by atoms with Crippen LogP contribution < -0.4 is 10.3 Å². The summed E-state index contributed by atoms with van der Waals surface area (Å²) in [5.41, 5.74) is 1.99. The van der Waals surface area contributed by atoms with E-state index in [9.17, 15) is 24.3 Å². The normalized spacial score (nSPS) is 16.2. The van der Waals surface area contributed by atoms with Gasteiger partial charge in [0.1, 0.15) is 11.5 Å². The van der Waals surface area contributed by atoms with Crippen LogP contribution in [0.5, 0.6) is 0 Å². The monoisotopic (exact) mass is 475 g/mol. The molecule has 10 heteroatoms. The Morgan fingerprint density at radius 2 is 1.82 bits per heavy atom. The third-order valence-electron chi connectivity index (χ3n) is 5.42. The van der Waals surface area contributed by atoms with Gasteiger partial charge in [-0.15, -0.1) is 0 Å². The Bertz CT molecular complexity index is 1500. The molecule has 168 valence electrons. The number of hydrogen-bond acceptors (Lipinski definition) is 6. The van der Waals surface area contributed by atoms with E-state index < -0.39 is 23.7 Å². The van der Waals surface area contributed by atoms with Crippen LogP contribution in [0.3, 0.4) is 0 Å². The van der Waals surface area contributed by atoms with Gasteiger partial charge in [-0.3, -0.25) is 19.7 Å². The number of benzene rings is 2. The van der Waals surface area contributed by atoms with Crippen LogP contribution in [0.4, 0.5) is 5.69 Å². The molecular formula is C24H14ClN3O6. The van der Waals surface area contributed by atoms with Crippen LogP contribution in [-0.4, -0.2) is 34.5 Å². The van der Waals surface area contributed by atoms with Crippen LogP contribution >= 0.6 is 11.6 Å². The van der Waals surface area contributed by atoms with Crippen molar-refractivity contribution in [1.29, 1.82) is 0 Å². The van der Waals surface area contributed by atoms with Gasteiger partial charge in [0.05, 0.1) is 38.7 Å². The molecule has 0 aliphatic carbocycles. The highest BCUT2D eigenvalue weighted by Gasteiger charge is 2.30. The third-order valence-corrected chi connectivity index (χ3v) is 5.75. The molecule has 3 heterocycles. The lowest BCUT2D eigenvalue weighted by Gasteiger charge is -2.12. The number of anilines is 1. The number of aromatic carboxylic acids is 1. The first kappa shape index (κ1) is 21.4. The number of carboxylic acid groups (broad SMARTS) is 1. The van der Waals surface area contributed by atoms with Crippen LogP contribution in [0.25, 0.3) is 17.4 Å². The molecule has 5 rings (SSSR count). The zero-order valence-corrected chi connectivity index (χ0v) is 18.2. The van der Waals surface area contributed by atoms with Crippen molar-refractivity contribution in [3.63, 3.8) is 0 Å². The average Bonchev–Trinajstić information content (AvgIpc) is 3.47. The van der Waals surface area contributed by atoms with Gasteiger partial charge in [0, 0.05) is 5.56 Å². The lowest BCUT2D eigenvalue weighted by molar-refractivity contribution is -0.114. The number of carbonyl (C=O) groups is 4. The molecule has 1 aromatic heterocycles. The molecule has 9 nitrogen and oxygen atoms in total. The summed E-state index contributed by atoms with van der Waals surface area (Å²) in [5, 5.41) is 16.9. The highest BCUT2D eigenvalue weighted by Crippen LogP contribution is 2.31. The van der Waals surface area contributed by atoms with Crippen molar-refractivity contribution in [2.75, 3.05) is 5.01 Å². The van der Waals surface area contributed by atoms with Gasteiger partial charge in [-0.2, -0.15) is 10.1 Å². The number of halogens is 1. The van der Waals surface area contributed by atoms with E-state index in [4.69, 9.17) is 16.0 Å². The van der Waals surface area contributed by atoms with Crippen molar-refractivity contribution < 1.29 is 28.7 Å². The number of hydrazone groups is 1. The topological polar surface area (TPSA) is 129 Å². The number of nitrogens with zero attached hydrogens (tertiary/aromatic N) is 2. The van der Waals surface area contributed by atoms with E-state index in [1.165, 1.54) is 24.3 Å². The van der Waals surface area contributed by atoms with Gasteiger partial charge in [0.2, 0.25) is 0 Å². The van der Waals surface area contributed by atoms with E-state index in [1.807, 2.05) is 0 Å². The predicted octanol–water partition coefficient (Wildman–Crippen LogP) is 3.99. The summed E-state index contributed by atoms with van der Waals surface area (Å²) >= 11 is 5.92. The number of fused-ring (bicyclic) bond motifs is 1. The zero-order valence-electron chi connectivity index (χ0n) is 17.5. The van der Waals surface area contributed by atoms with Crippen molar-refractivity contribution in [3.05, 3.63) is 81.6 Å². The maximum atomic E-state index is 13.0. The third kappa shape index (κ3) is 3.48. The van der Waals surface area contributed by atoms with Crippen LogP contribution in [0.1, 0.15) is 43.8 Å². The van der Waals surface area contributed by atoms with Gasteiger partial charge in [0.15, 0.2) is 0 Å². The first-order chi connectivity index (χ1) is 16.2. The SMILES string of the molecule is CC1=NN(c2ccc(Cl)c(C(=O)O)c2)C(=O)/C1=C/c1ccc(-c2ccc3c(c2)C(=O)NC3=O)o1. The molecule has 0 saturated heterocycles. The second-order valence-electron chi connectivity index (χ2n) is 7.58. The van der Waals surface area contributed by atoms with E-state index in [2.05, 4.69) is 10.4 Å². The molecule has 3 amide bonds. The maximum absolute atomic E-state index is 13.0. The molecule has 0 radical (unpaired) electrons. The number of carboxylic acids is 1. The summed E-state index contributed by atoms with van der Waals surface area (Å²) in [6.07, 6.45) is 1.53. The number of nitrogens with one attached hydrogen (secondary N) is 1. The van der Waals surface area contributed by atoms with E-state index in [0.717, 1.165) is 5.01 Å². The molecule has 2 aromatic carbocycles. The summed E-state index contributed by atoms with van der Waals surface area (Å²) < 4.78 is 5.84. The molecule has 0 saturated carbocycles. The molecular weight excluding hydrogens is 462 g/mol. The first-order valence-electron chi connectivity index (χ1n) is 9.97. The molecule has 0 bridgehead atoms. The van der Waals surface area contributed by atoms with E-state index >= 15 is 0 Å². The van der Waals surface area contributed by atoms with Crippen LogP contribution in [0, 0.1) is 0 Å². The summed E-state index contributed by atoms with van der Waals surface area (Å²) in [5.74, 6) is -1.76. The van der Waals surface area contributed by atoms with Gasteiger partial charge >= 0.3 is 5.97 Å². The fourth-order valence-electron chi connectivity index (χ4n) is 3.72. The van der Waals surface area contributed by atoms with Crippen molar-refractivity contribution in [3.8, 4) is 11.3 Å². The summed E-state index contributed by atoms with van der Waals surface area (Å²) in [6.45, 7) is 1.65. The Hall–Kier alpha value is -4.50. The van der Waals surface area contributed by atoms with E-state index in [1.54, 1.807) is 37.3 Å². The Morgan fingerprint density at radius 3 is 2.59 bits per heavy atom. The van der Waals surface area contributed by atoms with Gasteiger partial charge < -0.3 is 9.52 Å². The number of rotatable bonds is 4. The lowest BCUT2D eigenvalue weighted by atomic mass is 10.0. The number of imide groups is 1. The number of furan rings is 1. The fraction of sp³-hybridized carbons (Fsp3) is 0.0417. The highest BCUT2D eigenvalue weighted by molar-refractivity contribution is 6.34. The van der Waals surface area contributed by atoms with E-state index in [0.29, 0.717) is 28.4 Å². The number of hydrogen-bond donors (Lipinski definition) is 2. The smallest absolute Gasteiger partial charge is 0.337 e. The fourth-order valence-corrected chi connectivity index (χ4v) is 3.92. The Morgan fingerprint density at radius 1 is 1.06 bits per heavy atom. The molecule has 2 aliphatic rings. The minimum absolute atomic E-state index is 0.0517. The van der Waals surface area contributed by atoms with Crippen molar-refractivity contribution in [2.24, 2.45) is 5.10 Å². The Kier molecular flexibility index (Phi) is 4.91. The number of carbonyl (C=O) groups excluding carboxylic acids is 3. The first-order valence-corrected chi connectivity index (χ1v) is 10.4. The standard InChI is InChI=1S/C24H14ClN3O6/c1-11-16(23(31)28(27-11)13-3-6-19(25)18(9-13)24(32)33)10-14-4-7-20(34-14)12-2-5-15-17(8-12)22(30)26-21(15)29/h2-10H,1H3,(H,32,33)(H,26,29,30)/b16-10+. The molecule has 0 spiro atoms. The zero-order chi connectivity index (χ0) is 24.1. The molecule has 2 N–H and O–H groups in total. The van der Waals surface area contributed by atoms with Crippen molar-refractivity contribution in [2.45, 2.75) is 6.92 Å². The van der Waals surface area contributed by atoms with Crippen LogP contribution in [0.2, 0.25) is 5.02 Å². The molecule has 34 heavy (non-hydrogen) atoms. The van der Waals surface area contributed by atoms with Gasteiger partial charge in [-0.25, -0.2) is 4.79 Å². The summed E-state index contributed by atoms with van der Waals surface area (Å²) in [7, 11) is 0. The van der Waals surface area contributed by atoms with Gasteiger partial charge in [0.25, 0.3) is 17.7 Å². The second-order valence-corrected chi connectivity index (χ2v) is 7.98. The number of amides is 3. The Balaban J connectivity index is 1.43. The van der Waals surface area contributed by atoms with E-state index in [-0.39, 0.29) is 27.4 Å². The minimum Gasteiger partial charge on any atom is -0.478 e. The maximum Gasteiger partial charge on any atom is 0.337 e. The molecule has 0 unspecified atom stereocenters. The summed E-state index contributed by atoms with van der Waals surface area (Å²) in [6, 6.07) is 12.3.